The minimum atomic E-state index is 0.0650. The molecule has 1 aliphatic heterocycles. The molecule has 1 aromatic carbocycles. The number of nitrogens with zero attached hydrogens (tertiary/aromatic N) is 2. The summed E-state index contributed by atoms with van der Waals surface area (Å²) >= 11 is 0. The molecule has 4 heteroatoms. The van der Waals surface area contributed by atoms with Crippen LogP contribution < -0.4 is 5.32 Å². The molecular weight excluding hydrogens is 238 g/mol. The molecule has 2 rings (SSSR count). The maximum Gasteiger partial charge on any atom is 0.253 e. The molecule has 0 saturated carbocycles. The number of hydrogen-bond acceptors (Lipinski definition) is 3. The van der Waals surface area contributed by atoms with Crippen LogP contribution in [-0.4, -0.2) is 55.5 Å². The van der Waals surface area contributed by atoms with Crippen LogP contribution in [-0.2, 0) is 6.54 Å². The number of carbonyl (C=O) groups is 1. The Morgan fingerprint density at radius 3 is 2.95 bits per heavy atom. The molecule has 0 radical (unpaired) electrons. The summed E-state index contributed by atoms with van der Waals surface area (Å²) in [5.41, 5.74) is 1.98. The number of hydrogen-bond donors (Lipinski definition) is 1. The van der Waals surface area contributed by atoms with E-state index in [0.717, 1.165) is 31.7 Å². The van der Waals surface area contributed by atoms with Crippen molar-refractivity contribution in [2.24, 2.45) is 0 Å². The average Bonchev–Trinajstić information content (AvgIpc) is 2.41. The van der Waals surface area contributed by atoms with Crippen LogP contribution >= 0.6 is 0 Å². The lowest BCUT2D eigenvalue weighted by Crippen LogP contribution is -2.49. The van der Waals surface area contributed by atoms with E-state index < -0.39 is 0 Å². The summed E-state index contributed by atoms with van der Waals surface area (Å²) in [5, 5.41) is 3.39. The highest BCUT2D eigenvalue weighted by atomic mass is 16.2. The lowest BCUT2D eigenvalue weighted by molar-refractivity contribution is 0.0827. The highest BCUT2D eigenvalue weighted by Crippen LogP contribution is 2.12. The lowest BCUT2D eigenvalue weighted by atomic mass is 10.1. The van der Waals surface area contributed by atoms with Crippen molar-refractivity contribution in [3.63, 3.8) is 0 Å². The van der Waals surface area contributed by atoms with Gasteiger partial charge in [0.2, 0.25) is 0 Å². The Hall–Kier alpha value is -1.39. The molecular formula is C15H23N3O. The predicted molar refractivity (Wildman–Crippen MR) is 77.2 cm³/mol. The molecule has 1 heterocycles. The first-order chi connectivity index (χ1) is 9.08. The molecule has 0 bridgehead atoms. The molecule has 0 aliphatic carbocycles. The first-order valence-corrected chi connectivity index (χ1v) is 6.83. The third kappa shape index (κ3) is 3.55. The molecule has 1 N–H and O–H groups in total. The second kappa shape index (κ2) is 6.17. The highest BCUT2D eigenvalue weighted by Gasteiger charge is 2.18. The van der Waals surface area contributed by atoms with Crippen molar-refractivity contribution in [2.45, 2.75) is 19.5 Å². The molecule has 4 nitrogen and oxygen atoms in total. The van der Waals surface area contributed by atoms with Crippen molar-refractivity contribution in [2.75, 3.05) is 33.7 Å². The Morgan fingerprint density at radius 1 is 1.47 bits per heavy atom. The van der Waals surface area contributed by atoms with Crippen LogP contribution in [0.2, 0.25) is 0 Å². The van der Waals surface area contributed by atoms with E-state index in [2.05, 4.69) is 23.2 Å². The summed E-state index contributed by atoms with van der Waals surface area (Å²) in [4.78, 5) is 16.0. The van der Waals surface area contributed by atoms with E-state index in [4.69, 9.17) is 0 Å². The molecule has 1 saturated heterocycles. The predicted octanol–water partition coefficient (Wildman–Crippen LogP) is 1.18. The van der Waals surface area contributed by atoms with Gasteiger partial charge in [-0.1, -0.05) is 12.1 Å². The first-order valence-electron chi connectivity index (χ1n) is 6.83. The van der Waals surface area contributed by atoms with Crippen LogP contribution in [0.3, 0.4) is 0 Å². The molecule has 1 aliphatic rings. The van der Waals surface area contributed by atoms with Crippen LogP contribution in [0.4, 0.5) is 0 Å². The summed E-state index contributed by atoms with van der Waals surface area (Å²) < 4.78 is 0. The van der Waals surface area contributed by atoms with Gasteiger partial charge in [0.15, 0.2) is 0 Å². The van der Waals surface area contributed by atoms with E-state index in [1.54, 1.807) is 19.0 Å². The number of amides is 1. The average molecular weight is 261 g/mol. The largest absolute Gasteiger partial charge is 0.345 e. The van der Waals surface area contributed by atoms with Crippen molar-refractivity contribution >= 4 is 5.91 Å². The van der Waals surface area contributed by atoms with E-state index in [-0.39, 0.29) is 5.91 Å². The second-order valence-electron chi connectivity index (χ2n) is 5.42. The van der Waals surface area contributed by atoms with Gasteiger partial charge in [0, 0.05) is 51.9 Å². The van der Waals surface area contributed by atoms with Crippen LogP contribution in [0.25, 0.3) is 0 Å². The number of benzene rings is 1. The number of carbonyl (C=O) groups excluding carboxylic acids is 1. The molecule has 0 unspecified atom stereocenters. The van der Waals surface area contributed by atoms with Gasteiger partial charge in [-0.15, -0.1) is 0 Å². The summed E-state index contributed by atoms with van der Waals surface area (Å²) in [7, 11) is 3.57. The third-order valence-corrected chi connectivity index (χ3v) is 3.60. The molecule has 19 heavy (non-hydrogen) atoms. The van der Waals surface area contributed by atoms with E-state index in [9.17, 15) is 4.79 Å². The van der Waals surface area contributed by atoms with Crippen LogP contribution in [0.15, 0.2) is 24.3 Å². The third-order valence-electron chi connectivity index (χ3n) is 3.60. The van der Waals surface area contributed by atoms with Crippen LogP contribution in [0, 0.1) is 0 Å². The molecule has 1 aromatic rings. The standard InChI is InChI=1S/C15H23N3O/c1-12-10-16-7-8-18(12)11-13-5-4-6-14(9-13)15(19)17(2)3/h4-6,9,12,16H,7-8,10-11H2,1-3H3/t12-/m1/s1. The molecule has 0 aromatic heterocycles. The van der Waals surface area contributed by atoms with Gasteiger partial charge in [-0.25, -0.2) is 0 Å². The Labute approximate surface area is 115 Å². The van der Waals surface area contributed by atoms with Crippen molar-refractivity contribution in [1.29, 1.82) is 0 Å². The summed E-state index contributed by atoms with van der Waals surface area (Å²) in [6.45, 7) is 6.29. The smallest absolute Gasteiger partial charge is 0.253 e. The monoisotopic (exact) mass is 261 g/mol. The second-order valence-corrected chi connectivity index (χ2v) is 5.42. The van der Waals surface area contributed by atoms with Gasteiger partial charge in [0.1, 0.15) is 0 Å². The zero-order valence-electron chi connectivity index (χ0n) is 12.0. The van der Waals surface area contributed by atoms with E-state index >= 15 is 0 Å². The molecule has 1 atom stereocenters. The van der Waals surface area contributed by atoms with Gasteiger partial charge in [-0.3, -0.25) is 9.69 Å². The zero-order chi connectivity index (χ0) is 13.8. The summed E-state index contributed by atoms with van der Waals surface area (Å²) in [6, 6.07) is 8.51. The van der Waals surface area contributed by atoms with Gasteiger partial charge in [0.05, 0.1) is 0 Å². The highest BCUT2D eigenvalue weighted by molar-refractivity contribution is 5.94. The van der Waals surface area contributed by atoms with E-state index in [0.29, 0.717) is 6.04 Å². The maximum atomic E-state index is 12.0. The maximum absolute atomic E-state index is 12.0. The molecule has 1 amide bonds. The van der Waals surface area contributed by atoms with Crippen molar-refractivity contribution in [1.82, 2.24) is 15.1 Å². The Bertz CT molecular complexity index is 445. The van der Waals surface area contributed by atoms with Gasteiger partial charge in [0.25, 0.3) is 5.91 Å². The number of nitrogens with one attached hydrogen (secondary N) is 1. The fourth-order valence-electron chi connectivity index (χ4n) is 2.41. The topological polar surface area (TPSA) is 35.6 Å². The van der Waals surface area contributed by atoms with E-state index in [1.165, 1.54) is 5.56 Å². The van der Waals surface area contributed by atoms with Gasteiger partial charge < -0.3 is 10.2 Å². The SMILES string of the molecule is C[C@@H]1CNCCN1Cc1cccc(C(=O)N(C)C)c1. The zero-order valence-corrected chi connectivity index (χ0v) is 12.0. The fraction of sp³-hybridized carbons (Fsp3) is 0.533. The normalized spacial score (nSPS) is 20.3. The van der Waals surface area contributed by atoms with Crippen LogP contribution in [0.1, 0.15) is 22.8 Å². The van der Waals surface area contributed by atoms with Gasteiger partial charge >= 0.3 is 0 Å². The Kier molecular flexibility index (Phi) is 4.56. The van der Waals surface area contributed by atoms with Gasteiger partial charge in [-0.05, 0) is 24.6 Å². The van der Waals surface area contributed by atoms with E-state index in [1.807, 2.05) is 18.2 Å². The van der Waals surface area contributed by atoms with Crippen molar-refractivity contribution < 1.29 is 4.79 Å². The molecule has 0 spiro atoms. The molecule has 104 valence electrons. The summed E-state index contributed by atoms with van der Waals surface area (Å²) in [6.07, 6.45) is 0. The molecule has 1 fully saturated rings. The van der Waals surface area contributed by atoms with Crippen molar-refractivity contribution in [3.8, 4) is 0 Å². The van der Waals surface area contributed by atoms with Gasteiger partial charge in [-0.2, -0.15) is 0 Å². The number of rotatable bonds is 3. The summed E-state index contributed by atoms with van der Waals surface area (Å²) in [5.74, 6) is 0.0650. The number of piperazine rings is 1. The Morgan fingerprint density at radius 2 is 2.26 bits per heavy atom. The van der Waals surface area contributed by atoms with Crippen LogP contribution in [0.5, 0.6) is 0 Å². The Balaban J connectivity index is 2.08. The first kappa shape index (κ1) is 14.0. The minimum absolute atomic E-state index is 0.0650. The van der Waals surface area contributed by atoms with Crippen molar-refractivity contribution in [3.05, 3.63) is 35.4 Å². The fourth-order valence-corrected chi connectivity index (χ4v) is 2.41. The lowest BCUT2D eigenvalue weighted by Gasteiger charge is -2.34. The quantitative estimate of drug-likeness (QED) is 0.887. The minimum Gasteiger partial charge on any atom is -0.345 e.